The maximum absolute atomic E-state index is 12.7. The van der Waals surface area contributed by atoms with Gasteiger partial charge in [-0.05, 0) is 44.3 Å². The molecule has 0 spiro atoms. The van der Waals surface area contributed by atoms with Gasteiger partial charge in [0.15, 0.2) is 0 Å². The highest BCUT2D eigenvalue weighted by Crippen LogP contribution is 2.25. The van der Waals surface area contributed by atoms with Gasteiger partial charge >= 0.3 is 0 Å². The zero-order chi connectivity index (χ0) is 14.4. The quantitative estimate of drug-likeness (QED) is 0.906. The Morgan fingerprint density at radius 1 is 1.29 bits per heavy atom. The minimum Gasteiger partial charge on any atom is -0.342 e. The van der Waals surface area contributed by atoms with Crippen molar-refractivity contribution in [2.24, 2.45) is 5.92 Å². The number of benzene rings is 1. The van der Waals surface area contributed by atoms with E-state index in [4.69, 9.17) is 0 Å². The van der Waals surface area contributed by atoms with Gasteiger partial charge < -0.3 is 10.2 Å². The molecule has 1 N–H and O–H groups in total. The van der Waals surface area contributed by atoms with Gasteiger partial charge in [-0.1, -0.05) is 37.3 Å². The Hall–Kier alpha value is -1.06. The molecule has 1 unspecified atom stereocenters. The predicted octanol–water partition coefficient (Wildman–Crippen LogP) is 3.06. The Morgan fingerprint density at radius 3 is 2.43 bits per heavy atom. The van der Waals surface area contributed by atoms with Crippen molar-refractivity contribution in [3.05, 3.63) is 35.9 Å². The Kier molecular flexibility index (Phi) is 7.76. The molecule has 3 nitrogen and oxygen atoms in total. The third-order valence-electron chi connectivity index (χ3n) is 4.33. The SMILES string of the molecule is CCC(C(=O)N1CCC(CNC)CC1)c1ccccc1.Cl. The normalized spacial score (nSPS) is 17.1. The van der Waals surface area contributed by atoms with Crippen molar-refractivity contribution in [2.45, 2.75) is 32.1 Å². The van der Waals surface area contributed by atoms with Crippen LogP contribution in [0.1, 0.15) is 37.7 Å². The van der Waals surface area contributed by atoms with Crippen molar-refractivity contribution in [1.29, 1.82) is 0 Å². The molecule has 1 saturated heterocycles. The molecule has 0 radical (unpaired) electrons. The molecule has 1 atom stereocenters. The van der Waals surface area contributed by atoms with E-state index >= 15 is 0 Å². The number of amides is 1. The van der Waals surface area contributed by atoms with Crippen LogP contribution in [0, 0.1) is 5.92 Å². The van der Waals surface area contributed by atoms with Gasteiger partial charge in [-0.25, -0.2) is 0 Å². The fourth-order valence-corrected chi connectivity index (χ4v) is 3.10. The van der Waals surface area contributed by atoms with Crippen LogP contribution in [-0.4, -0.2) is 37.5 Å². The number of rotatable bonds is 5. The maximum atomic E-state index is 12.7. The molecule has 1 aromatic carbocycles. The molecule has 21 heavy (non-hydrogen) atoms. The summed E-state index contributed by atoms with van der Waals surface area (Å²) in [6.45, 7) is 4.99. The molecule has 1 aliphatic rings. The third kappa shape index (κ3) is 4.72. The van der Waals surface area contributed by atoms with E-state index in [0.29, 0.717) is 5.91 Å². The van der Waals surface area contributed by atoms with Crippen LogP contribution in [0.3, 0.4) is 0 Å². The lowest BCUT2D eigenvalue weighted by molar-refractivity contribution is -0.134. The average molecular weight is 311 g/mol. The first kappa shape index (κ1) is 18.0. The number of hydrogen-bond acceptors (Lipinski definition) is 2. The number of nitrogens with one attached hydrogen (secondary N) is 1. The Labute approximate surface area is 134 Å². The van der Waals surface area contributed by atoms with Crippen LogP contribution >= 0.6 is 12.4 Å². The van der Waals surface area contributed by atoms with E-state index in [0.717, 1.165) is 50.4 Å². The van der Waals surface area contributed by atoms with Crippen LogP contribution in [0.4, 0.5) is 0 Å². The lowest BCUT2D eigenvalue weighted by Gasteiger charge is -2.34. The lowest BCUT2D eigenvalue weighted by Crippen LogP contribution is -2.42. The molecule has 0 aliphatic carbocycles. The van der Waals surface area contributed by atoms with Gasteiger partial charge in [0, 0.05) is 13.1 Å². The van der Waals surface area contributed by atoms with Gasteiger partial charge in [0.1, 0.15) is 0 Å². The fourth-order valence-electron chi connectivity index (χ4n) is 3.10. The van der Waals surface area contributed by atoms with Crippen molar-refractivity contribution < 1.29 is 4.79 Å². The summed E-state index contributed by atoms with van der Waals surface area (Å²) in [5, 5.41) is 3.24. The predicted molar refractivity (Wildman–Crippen MR) is 90.0 cm³/mol. The second kappa shape index (κ2) is 9.06. The molecule has 2 rings (SSSR count). The molecular formula is C17H27ClN2O. The maximum Gasteiger partial charge on any atom is 0.230 e. The minimum atomic E-state index is 0. The molecule has 0 saturated carbocycles. The van der Waals surface area contributed by atoms with E-state index in [2.05, 4.69) is 29.3 Å². The van der Waals surface area contributed by atoms with E-state index in [1.165, 1.54) is 0 Å². The molecular weight excluding hydrogens is 284 g/mol. The van der Waals surface area contributed by atoms with Gasteiger partial charge in [0.2, 0.25) is 5.91 Å². The van der Waals surface area contributed by atoms with Crippen LogP contribution in [0.25, 0.3) is 0 Å². The van der Waals surface area contributed by atoms with Gasteiger partial charge in [-0.3, -0.25) is 4.79 Å². The van der Waals surface area contributed by atoms with E-state index in [9.17, 15) is 4.79 Å². The highest BCUT2D eigenvalue weighted by atomic mass is 35.5. The number of carbonyl (C=O) groups is 1. The number of carbonyl (C=O) groups excluding carboxylic acids is 1. The number of hydrogen-bond donors (Lipinski definition) is 1. The fraction of sp³-hybridized carbons (Fsp3) is 0.588. The van der Waals surface area contributed by atoms with Gasteiger partial charge in [-0.15, -0.1) is 12.4 Å². The summed E-state index contributed by atoms with van der Waals surface area (Å²) in [4.78, 5) is 14.8. The number of nitrogens with zero attached hydrogens (tertiary/aromatic N) is 1. The van der Waals surface area contributed by atoms with Gasteiger partial charge in [0.05, 0.1) is 5.92 Å². The van der Waals surface area contributed by atoms with E-state index in [1.54, 1.807) is 0 Å². The van der Waals surface area contributed by atoms with Crippen LogP contribution in [0.15, 0.2) is 30.3 Å². The molecule has 0 aromatic heterocycles. The number of likely N-dealkylation sites (tertiary alicyclic amines) is 1. The highest BCUT2D eigenvalue weighted by Gasteiger charge is 2.27. The second-order valence-electron chi connectivity index (χ2n) is 5.70. The molecule has 0 bridgehead atoms. The smallest absolute Gasteiger partial charge is 0.230 e. The summed E-state index contributed by atoms with van der Waals surface area (Å²) in [7, 11) is 2.00. The molecule has 1 fully saturated rings. The first-order valence-corrected chi connectivity index (χ1v) is 7.74. The molecule has 1 amide bonds. The van der Waals surface area contributed by atoms with Crippen molar-refractivity contribution in [3.8, 4) is 0 Å². The molecule has 4 heteroatoms. The van der Waals surface area contributed by atoms with Gasteiger partial charge in [0.25, 0.3) is 0 Å². The number of piperidine rings is 1. The topological polar surface area (TPSA) is 32.3 Å². The van der Waals surface area contributed by atoms with Crippen molar-refractivity contribution in [2.75, 3.05) is 26.7 Å². The summed E-state index contributed by atoms with van der Waals surface area (Å²) < 4.78 is 0. The standard InChI is InChI=1S/C17H26N2O.ClH/c1-3-16(15-7-5-4-6-8-15)17(20)19-11-9-14(10-12-19)13-18-2;/h4-8,14,16,18H,3,9-13H2,1-2H3;1H. The van der Waals surface area contributed by atoms with Gasteiger partial charge in [-0.2, -0.15) is 0 Å². The Bertz CT molecular complexity index is 416. The largest absolute Gasteiger partial charge is 0.342 e. The zero-order valence-corrected chi connectivity index (χ0v) is 13.9. The lowest BCUT2D eigenvalue weighted by atomic mass is 9.92. The Morgan fingerprint density at radius 2 is 1.90 bits per heavy atom. The van der Waals surface area contributed by atoms with Crippen LogP contribution in [-0.2, 0) is 4.79 Å². The summed E-state index contributed by atoms with van der Waals surface area (Å²) in [5.74, 6) is 1.06. The van der Waals surface area contributed by atoms with E-state index in [-0.39, 0.29) is 18.3 Å². The first-order chi connectivity index (χ1) is 9.76. The summed E-state index contributed by atoms with van der Waals surface area (Å²) in [6, 6.07) is 10.2. The third-order valence-corrected chi connectivity index (χ3v) is 4.33. The summed E-state index contributed by atoms with van der Waals surface area (Å²) >= 11 is 0. The molecule has 118 valence electrons. The monoisotopic (exact) mass is 310 g/mol. The molecule has 1 aliphatic heterocycles. The van der Waals surface area contributed by atoms with Crippen LogP contribution in [0.2, 0.25) is 0 Å². The summed E-state index contributed by atoms with van der Waals surface area (Å²) in [6.07, 6.45) is 3.12. The average Bonchev–Trinajstić information content (AvgIpc) is 2.50. The Balaban J connectivity index is 0.00000220. The van der Waals surface area contributed by atoms with Crippen molar-refractivity contribution in [1.82, 2.24) is 10.2 Å². The zero-order valence-electron chi connectivity index (χ0n) is 13.0. The van der Waals surface area contributed by atoms with Crippen LogP contribution < -0.4 is 5.32 Å². The molecule has 1 aromatic rings. The van der Waals surface area contributed by atoms with E-state index in [1.807, 2.05) is 25.2 Å². The highest BCUT2D eigenvalue weighted by molar-refractivity contribution is 5.85. The second-order valence-corrected chi connectivity index (χ2v) is 5.70. The van der Waals surface area contributed by atoms with E-state index < -0.39 is 0 Å². The first-order valence-electron chi connectivity index (χ1n) is 7.74. The summed E-state index contributed by atoms with van der Waals surface area (Å²) in [5.41, 5.74) is 1.15. The van der Waals surface area contributed by atoms with Crippen molar-refractivity contribution in [3.63, 3.8) is 0 Å². The number of halogens is 1. The van der Waals surface area contributed by atoms with Crippen molar-refractivity contribution >= 4 is 18.3 Å². The van der Waals surface area contributed by atoms with Crippen LogP contribution in [0.5, 0.6) is 0 Å². The molecule has 1 heterocycles. The minimum absolute atomic E-state index is 0.